The largest absolute Gasteiger partial charge is 1.00 e. The first-order chi connectivity index (χ1) is 18.5. The molecule has 3 saturated heterocycles. The van der Waals surface area contributed by atoms with Crippen LogP contribution in [0.25, 0.3) is 0 Å². The van der Waals surface area contributed by atoms with E-state index < -0.39 is 66.0 Å². The van der Waals surface area contributed by atoms with Crippen LogP contribution in [0.15, 0.2) is 0 Å². The Morgan fingerprint density at radius 2 is 1.09 bits per heavy atom. The van der Waals surface area contributed by atoms with E-state index in [0.717, 1.165) is 19.6 Å². The van der Waals surface area contributed by atoms with Gasteiger partial charge in [-0.15, -0.1) is 0 Å². The molecule has 11 nitrogen and oxygen atoms in total. The van der Waals surface area contributed by atoms with Crippen LogP contribution in [-0.4, -0.2) is 131 Å². The number of carboxylic acid groups (broad SMARTS) is 1. The third-order valence-electron chi connectivity index (χ3n) is 5.99. The quantitative estimate of drug-likeness (QED) is 0.153. The van der Waals surface area contributed by atoms with E-state index >= 15 is 0 Å². The minimum atomic E-state index is -2.72. The summed E-state index contributed by atoms with van der Waals surface area (Å²) in [6, 6.07) is -4.17. The van der Waals surface area contributed by atoms with Crippen LogP contribution < -0.4 is 34.3 Å². The Kier molecular flexibility index (Phi) is 17.2. The number of hydrogen-bond donors (Lipinski definition) is 1. The molecule has 4 atom stereocenters. The van der Waals surface area contributed by atoms with Gasteiger partial charge in [0.25, 0.3) is 0 Å². The summed E-state index contributed by atoms with van der Waals surface area (Å²) < 4.78 is 73.8. The van der Waals surface area contributed by atoms with E-state index in [0.29, 0.717) is 13.1 Å². The average Bonchev–Trinajstić information content (AvgIpc) is 3.44. The number of likely N-dealkylation sites (tertiary alicyclic amines) is 2. The van der Waals surface area contributed by atoms with Gasteiger partial charge in [0.2, 0.25) is 0 Å². The number of aliphatic carboxylic acids is 1. The number of hydrogen-bond acceptors (Lipinski definition) is 8. The zero-order valence-corrected chi connectivity index (χ0v) is 28.0. The summed E-state index contributed by atoms with van der Waals surface area (Å²) >= 11 is 0. The summed E-state index contributed by atoms with van der Waals surface area (Å²) in [4.78, 5) is 48.3. The molecule has 43 heavy (non-hydrogen) atoms. The number of carbonyl (C=O) groups excluding carboxylic acids is 3. The zero-order valence-electron chi connectivity index (χ0n) is 26.0. The molecule has 0 saturated carbocycles. The molecule has 0 bridgehead atoms. The van der Waals surface area contributed by atoms with Crippen LogP contribution in [0.4, 0.5) is 31.5 Å². The Hall–Kier alpha value is -1.82. The first-order valence-corrected chi connectivity index (χ1v) is 13.0. The van der Waals surface area contributed by atoms with Crippen LogP contribution in [0.3, 0.4) is 0 Å². The van der Waals surface area contributed by atoms with Crippen LogP contribution in [0.2, 0.25) is 0 Å². The minimum Gasteiger partial charge on any atom is -1.00 e. The van der Waals surface area contributed by atoms with E-state index in [1.54, 1.807) is 41.5 Å². The van der Waals surface area contributed by atoms with Gasteiger partial charge in [-0.05, 0) is 55.6 Å². The second kappa shape index (κ2) is 17.0. The topological polar surface area (TPSA) is 120 Å². The van der Waals surface area contributed by atoms with Gasteiger partial charge in [-0.3, -0.25) is 14.6 Å². The standard InChI is InChI=1S/C10H15F2NO3.C10H16FNO4.C5H10F2N2.FH.Na/c1-10(2,3)16-9(15)13-5-6(11)4-7(13)8(12)14;1-10(2,3)16-9(15)12-5-6(11)4-7(12)8(13)14;1-8-3-4-9(2)5(8,6)7;;/h6-7H,4-5H2,1-3H3;6-7H,4-5H2,1-3H3,(H,13,14);3-4H2,1-2H3;1H;/q;;;;+1/p-1/t2*6-,7-;;;/m00.../s1. The summed E-state index contributed by atoms with van der Waals surface area (Å²) in [5.41, 5.74) is -1.47. The minimum absolute atomic E-state index is 0. The van der Waals surface area contributed by atoms with Crippen LogP contribution >= 0.6 is 0 Å². The van der Waals surface area contributed by atoms with Gasteiger partial charge in [0.1, 0.15) is 35.6 Å². The normalized spacial score (nSPS) is 25.2. The fraction of sp³-hybridized carbons (Fsp3) is 0.840. The van der Waals surface area contributed by atoms with Crippen molar-refractivity contribution in [2.45, 2.75) is 96.2 Å². The summed E-state index contributed by atoms with van der Waals surface area (Å²) in [6.07, 6.45) is -7.50. The number of ether oxygens (including phenoxy) is 2. The smallest absolute Gasteiger partial charge is 1.00 e. The molecule has 3 fully saturated rings. The molecule has 3 rings (SSSR count). The van der Waals surface area contributed by atoms with Crippen molar-refractivity contribution in [3.8, 4) is 0 Å². The number of rotatable bonds is 2. The number of halogens is 6. The average molecular weight is 647 g/mol. The molecular formula is C25H41F6N4NaO7. The van der Waals surface area contributed by atoms with Crippen molar-refractivity contribution in [2.24, 2.45) is 0 Å². The SMILES string of the molecule is CC(C)(C)OC(=O)N1C[C@@H](F)C[C@H]1C(=O)F.CC(C)(C)OC(=O)N1C[C@@H](F)C[C@H]1C(=O)O.CN1CCN(C)C1(F)F.[F-].[Na+]. The molecular weight excluding hydrogens is 605 g/mol. The molecule has 246 valence electrons. The maximum Gasteiger partial charge on any atom is 1.00 e. The molecule has 3 aliphatic rings. The Bertz CT molecular complexity index is 882. The first-order valence-electron chi connectivity index (χ1n) is 13.0. The van der Waals surface area contributed by atoms with E-state index in [9.17, 15) is 41.1 Å². The van der Waals surface area contributed by atoms with Gasteiger partial charge in [0.15, 0.2) is 0 Å². The Balaban J connectivity index is 0. The number of amides is 2. The molecule has 0 spiro atoms. The fourth-order valence-corrected chi connectivity index (χ4v) is 3.92. The number of likely N-dealkylation sites (N-methyl/N-ethyl adjacent to an activating group) is 2. The molecule has 0 aliphatic carbocycles. The molecule has 0 aromatic carbocycles. The predicted molar refractivity (Wildman–Crippen MR) is 136 cm³/mol. The van der Waals surface area contributed by atoms with E-state index in [2.05, 4.69) is 0 Å². The molecule has 2 amide bonds. The van der Waals surface area contributed by atoms with Crippen LogP contribution in [0.5, 0.6) is 0 Å². The maximum absolute atomic E-state index is 13.1. The van der Waals surface area contributed by atoms with E-state index in [1.165, 1.54) is 14.1 Å². The van der Waals surface area contributed by atoms with Gasteiger partial charge in [0.05, 0.1) is 13.1 Å². The van der Waals surface area contributed by atoms with Gasteiger partial charge in [0, 0.05) is 25.9 Å². The first kappa shape index (κ1) is 43.3. The van der Waals surface area contributed by atoms with E-state index in [-0.39, 0.29) is 60.2 Å². The molecule has 0 unspecified atom stereocenters. The predicted octanol–water partition coefficient (Wildman–Crippen LogP) is -2.33. The summed E-state index contributed by atoms with van der Waals surface area (Å²) in [5, 5.41) is 8.83. The molecule has 3 heterocycles. The van der Waals surface area contributed by atoms with Gasteiger partial charge in [-0.1, -0.05) is 0 Å². The number of carboxylic acids is 1. The summed E-state index contributed by atoms with van der Waals surface area (Å²) in [7, 11) is 2.84. The third kappa shape index (κ3) is 13.8. The van der Waals surface area contributed by atoms with Crippen molar-refractivity contribution in [1.29, 1.82) is 0 Å². The van der Waals surface area contributed by atoms with Crippen molar-refractivity contribution in [3.63, 3.8) is 0 Å². The van der Waals surface area contributed by atoms with Crippen LogP contribution in [0.1, 0.15) is 54.4 Å². The number of carbonyl (C=O) groups is 4. The summed E-state index contributed by atoms with van der Waals surface area (Å²) in [6.45, 7) is 10.3. The molecule has 3 aliphatic heterocycles. The Morgan fingerprint density at radius 1 is 0.767 bits per heavy atom. The van der Waals surface area contributed by atoms with Crippen molar-refractivity contribution < 1.29 is 90.0 Å². The van der Waals surface area contributed by atoms with Gasteiger partial charge in [-0.25, -0.2) is 33.0 Å². The molecule has 0 radical (unpaired) electrons. The Labute approximate surface area is 269 Å². The van der Waals surface area contributed by atoms with Gasteiger partial charge >= 0.3 is 59.9 Å². The number of nitrogens with zero attached hydrogens (tertiary/aromatic N) is 4. The fourth-order valence-electron chi connectivity index (χ4n) is 3.92. The Morgan fingerprint density at radius 3 is 1.35 bits per heavy atom. The van der Waals surface area contributed by atoms with E-state index in [4.69, 9.17) is 14.6 Å². The van der Waals surface area contributed by atoms with Crippen LogP contribution in [0, 0.1) is 0 Å². The van der Waals surface area contributed by atoms with Crippen molar-refractivity contribution in [1.82, 2.24) is 19.6 Å². The van der Waals surface area contributed by atoms with Gasteiger partial charge in [-0.2, -0.15) is 13.2 Å². The number of alkyl halides is 4. The third-order valence-corrected chi connectivity index (χ3v) is 5.99. The second-order valence-corrected chi connectivity index (χ2v) is 12.0. The van der Waals surface area contributed by atoms with Crippen molar-refractivity contribution in [3.05, 3.63) is 0 Å². The molecule has 0 aromatic heterocycles. The van der Waals surface area contributed by atoms with Crippen LogP contribution in [-0.2, 0) is 19.1 Å². The zero-order chi connectivity index (χ0) is 32.1. The monoisotopic (exact) mass is 646 g/mol. The maximum atomic E-state index is 13.1. The van der Waals surface area contributed by atoms with Crippen molar-refractivity contribution in [2.75, 3.05) is 40.3 Å². The van der Waals surface area contributed by atoms with Gasteiger partial charge < -0.3 is 19.3 Å². The second-order valence-electron chi connectivity index (χ2n) is 12.0. The molecule has 0 aromatic rings. The summed E-state index contributed by atoms with van der Waals surface area (Å²) in [5.74, 6) is -1.20. The van der Waals surface area contributed by atoms with E-state index in [1.807, 2.05) is 0 Å². The van der Waals surface area contributed by atoms with Crippen molar-refractivity contribution >= 4 is 24.2 Å². The molecule has 18 heteroatoms. The molecule has 1 N–H and O–H groups in total.